The number of carbonyl (C=O) groups is 1. The largest absolute Gasteiger partial charge is 0.462 e. The van der Waals surface area contributed by atoms with Crippen molar-refractivity contribution in [1.82, 2.24) is 0 Å². The third kappa shape index (κ3) is 3.22. The number of allylic oxidation sites excluding steroid dienone is 1. The van der Waals surface area contributed by atoms with E-state index in [0.717, 1.165) is 30.6 Å². The average molecular weight is 513 g/mol. The summed E-state index contributed by atoms with van der Waals surface area (Å²) in [5.41, 5.74) is 5.14. The standard InChI is InChI=1S/C29H38BrNO2/c1-16-22-14-19(30)6-8-25(22)31-26-15-24-21-7-5-18-13-20(33-17(2)32)9-11-28(18,3)23(21)10-12-29(24,4)27(16)26/h5-6,8,14,16,20-21,23-24,26-27,31H,7,9-13,15H2,1-4H3/t16-,20+,21-,23+,24+,26+,27+,28+,29+/m1/s1. The number of halogens is 1. The Bertz CT molecular complexity index is 1020. The van der Waals surface area contributed by atoms with Crippen molar-refractivity contribution in [1.29, 1.82) is 0 Å². The molecule has 9 atom stereocenters. The fraction of sp³-hybridized carbons (Fsp3) is 0.690. The number of esters is 1. The van der Waals surface area contributed by atoms with Crippen LogP contribution < -0.4 is 5.32 Å². The van der Waals surface area contributed by atoms with Crippen LogP contribution in [-0.4, -0.2) is 18.1 Å². The van der Waals surface area contributed by atoms with Crippen molar-refractivity contribution in [2.75, 3.05) is 5.32 Å². The van der Waals surface area contributed by atoms with E-state index >= 15 is 0 Å². The topological polar surface area (TPSA) is 38.3 Å². The van der Waals surface area contributed by atoms with E-state index in [-0.39, 0.29) is 12.1 Å². The smallest absolute Gasteiger partial charge is 0.302 e. The van der Waals surface area contributed by atoms with Crippen LogP contribution in [0.2, 0.25) is 0 Å². The molecular formula is C29H38BrNO2. The van der Waals surface area contributed by atoms with Gasteiger partial charge in [0, 0.05) is 29.5 Å². The van der Waals surface area contributed by atoms with Gasteiger partial charge in [-0.3, -0.25) is 4.79 Å². The van der Waals surface area contributed by atoms with Crippen molar-refractivity contribution >= 4 is 27.6 Å². The molecule has 3 nitrogen and oxygen atoms in total. The number of nitrogens with one attached hydrogen (secondary N) is 1. The van der Waals surface area contributed by atoms with Gasteiger partial charge in [-0.2, -0.15) is 0 Å². The molecule has 1 aliphatic heterocycles. The van der Waals surface area contributed by atoms with Crippen LogP contribution >= 0.6 is 15.9 Å². The van der Waals surface area contributed by atoms with E-state index in [2.05, 4.69) is 66.3 Å². The van der Waals surface area contributed by atoms with Crippen molar-refractivity contribution in [3.8, 4) is 0 Å². The molecule has 4 aliphatic carbocycles. The Hall–Kier alpha value is -1.29. The van der Waals surface area contributed by atoms with Crippen LogP contribution in [0.15, 0.2) is 34.3 Å². The molecule has 1 N–H and O–H groups in total. The third-order valence-electron chi connectivity index (χ3n) is 10.9. The van der Waals surface area contributed by atoms with Crippen LogP contribution in [0.3, 0.4) is 0 Å². The summed E-state index contributed by atoms with van der Waals surface area (Å²) in [5, 5.41) is 4.00. The van der Waals surface area contributed by atoms with E-state index in [4.69, 9.17) is 4.74 Å². The predicted octanol–water partition coefficient (Wildman–Crippen LogP) is 7.47. The zero-order chi connectivity index (χ0) is 23.1. The number of fused-ring (bicyclic) bond motifs is 8. The molecule has 6 rings (SSSR count). The highest BCUT2D eigenvalue weighted by Gasteiger charge is 2.62. The third-order valence-corrected chi connectivity index (χ3v) is 11.4. The molecule has 1 heterocycles. The van der Waals surface area contributed by atoms with Gasteiger partial charge in [0.15, 0.2) is 0 Å². The Balaban J connectivity index is 1.30. The molecule has 5 aliphatic rings. The van der Waals surface area contributed by atoms with Gasteiger partial charge < -0.3 is 10.1 Å². The van der Waals surface area contributed by atoms with Gasteiger partial charge in [0.2, 0.25) is 0 Å². The van der Waals surface area contributed by atoms with Crippen LogP contribution in [-0.2, 0) is 9.53 Å². The summed E-state index contributed by atoms with van der Waals surface area (Å²) in [4.78, 5) is 11.5. The number of ether oxygens (including phenoxy) is 1. The first-order valence-electron chi connectivity index (χ1n) is 13.1. The van der Waals surface area contributed by atoms with Crippen molar-refractivity contribution < 1.29 is 9.53 Å². The van der Waals surface area contributed by atoms with Gasteiger partial charge in [0.05, 0.1) is 0 Å². The monoisotopic (exact) mass is 511 g/mol. The van der Waals surface area contributed by atoms with Crippen molar-refractivity contribution in [2.45, 2.75) is 90.7 Å². The molecule has 0 amide bonds. The molecular weight excluding hydrogens is 474 g/mol. The molecule has 3 fully saturated rings. The summed E-state index contributed by atoms with van der Waals surface area (Å²) < 4.78 is 6.82. The lowest BCUT2D eigenvalue weighted by atomic mass is 9.47. The quantitative estimate of drug-likeness (QED) is 0.313. The molecule has 3 saturated carbocycles. The van der Waals surface area contributed by atoms with Crippen LogP contribution in [0.1, 0.15) is 84.1 Å². The second-order valence-corrected chi connectivity index (χ2v) is 13.2. The van der Waals surface area contributed by atoms with Gasteiger partial charge in [0.1, 0.15) is 6.10 Å². The molecule has 0 unspecified atom stereocenters. The van der Waals surface area contributed by atoms with E-state index < -0.39 is 0 Å². The molecule has 4 heteroatoms. The summed E-state index contributed by atoms with van der Waals surface area (Å²) in [6, 6.07) is 7.40. The molecule has 33 heavy (non-hydrogen) atoms. The molecule has 178 valence electrons. The summed E-state index contributed by atoms with van der Waals surface area (Å²) in [5.74, 6) is 3.54. The highest BCUT2D eigenvalue weighted by Crippen LogP contribution is 2.69. The maximum atomic E-state index is 11.5. The molecule has 1 aromatic carbocycles. The fourth-order valence-electron chi connectivity index (χ4n) is 9.55. The van der Waals surface area contributed by atoms with Gasteiger partial charge in [-0.1, -0.05) is 48.4 Å². The minimum Gasteiger partial charge on any atom is -0.462 e. The molecule has 0 radical (unpaired) electrons. The molecule has 0 bridgehead atoms. The molecule has 1 aromatic rings. The van der Waals surface area contributed by atoms with Crippen LogP contribution in [0.4, 0.5) is 5.69 Å². The Kier molecular flexibility index (Phi) is 5.11. The maximum absolute atomic E-state index is 11.5. The lowest BCUT2D eigenvalue weighted by Crippen LogP contribution is -2.51. The van der Waals surface area contributed by atoms with Gasteiger partial charge in [0.25, 0.3) is 0 Å². The van der Waals surface area contributed by atoms with Gasteiger partial charge in [-0.05, 0) is 103 Å². The minimum absolute atomic E-state index is 0.0875. The average Bonchev–Trinajstić information content (AvgIpc) is 3.07. The fourth-order valence-corrected chi connectivity index (χ4v) is 9.93. The lowest BCUT2D eigenvalue weighted by Gasteiger charge is -2.58. The minimum atomic E-state index is -0.130. The summed E-state index contributed by atoms with van der Waals surface area (Å²) in [7, 11) is 0. The highest BCUT2D eigenvalue weighted by molar-refractivity contribution is 9.10. The number of benzene rings is 1. The first-order chi connectivity index (χ1) is 15.7. The zero-order valence-electron chi connectivity index (χ0n) is 20.5. The van der Waals surface area contributed by atoms with Gasteiger partial charge in [-0.15, -0.1) is 0 Å². The van der Waals surface area contributed by atoms with Crippen LogP contribution in [0.5, 0.6) is 0 Å². The normalized spacial score (nSPS) is 45.4. The summed E-state index contributed by atoms with van der Waals surface area (Å²) >= 11 is 3.71. The number of carbonyl (C=O) groups excluding carboxylic acids is 1. The number of hydrogen-bond donors (Lipinski definition) is 1. The number of rotatable bonds is 1. The molecule has 0 spiro atoms. The van der Waals surface area contributed by atoms with E-state index in [9.17, 15) is 4.79 Å². The Morgan fingerprint density at radius 1 is 1.18 bits per heavy atom. The zero-order valence-corrected chi connectivity index (χ0v) is 22.1. The Labute approximate surface area is 207 Å². The van der Waals surface area contributed by atoms with Crippen LogP contribution in [0.25, 0.3) is 0 Å². The maximum Gasteiger partial charge on any atom is 0.302 e. The first kappa shape index (κ1) is 22.2. The lowest BCUT2D eigenvalue weighted by molar-refractivity contribution is -0.148. The second kappa shape index (κ2) is 7.60. The highest BCUT2D eigenvalue weighted by atomic mass is 79.9. The number of hydrogen-bond acceptors (Lipinski definition) is 3. The summed E-state index contributed by atoms with van der Waals surface area (Å²) in [6.07, 6.45) is 11.0. The first-order valence-corrected chi connectivity index (χ1v) is 13.9. The van der Waals surface area contributed by atoms with E-state index in [0.29, 0.717) is 28.7 Å². The van der Waals surface area contributed by atoms with Crippen LogP contribution in [0, 0.1) is 34.5 Å². The van der Waals surface area contributed by atoms with E-state index in [1.807, 2.05) is 0 Å². The van der Waals surface area contributed by atoms with E-state index in [1.165, 1.54) is 47.8 Å². The second-order valence-electron chi connectivity index (χ2n) is 12.3. The molecule has 0 saturated heterocycles. The number of anilines is 1. The molecule has 0 aromatic heterocycles. The van der Waals surface area contributed by atoms with E-state index in [1.54, 1.807) is 12.5 Å². The van der Waals surface area contributed by atoms with Crippen molar-refractivity contribution in [2.24, 2.45) is 34.5 Å². The van der Waals surface area contributed by atoms with Crippen molar-refractivity contribution in [3.05, 3.63) is 39.9 Å². The Morgan fingerprint density at radius 2 is 2.00 bits per heavy atom. The summed E-state index contributed by atoms with van der Waals surface area (Å²) in [6.45, 7) is 9.21. The Morgan fingerprint density at radius 3 is 2.79 bits per heavy atom. The predicted molar refractivity (Wildman–Crippen MR) is 136 cm³/mol. The SMILES string of the molecule is CC(=O)O[C@H]1CC[C@@]2(C)C(=CC[C@H]3[C@@H]4C[C@@H]5Nc6ccc(Br)cc6[C@@H](C)[C@@H]5[C@@]4(C)CC[C@@H]32)C1. The van der Waals surface area contributed by atoms with Gasteiger partial charge in [-0.25, -0.2) is 0 Å². The van der Waals surface area contributed by atoms with Crippen molar-refractivity contribution in [3.63, 3.8) is 0 Å². The van der Waals surface area contributed by atoms with Gasteiger partial charge >= 0.3 is 5.97 Å².